The van der Waals surface area contributed by atoms with Gasteiger partial charge >= 0.3 is 0 Å². The van der Waals surface area contributed by atoms with Crippen molar-refractivity contribution < 1.29 is 0 Å². The van der Waals surface area contributed by atoms with Crippen molar-refractivity contribution in [3.63, 3.8) is 0 Å². The molecule has 0 N–H and O–H groups in total. The first-order valence-corrected chi connectivity index (χ1v) is 8.34. The van der Waals surface area contributed by atoms with E-state index in [0.717, 1.165) is 23.7 Å². The van der Waals surface area contributed by atoms with Crippen molar-refractivity contribution in [1.82, 2.24) is 0 Å². The molecule has 0 aliphatic rings. The van der Waals surface area contributed by atoms with Gasteiger partial charge in [-0.15, -0.1) is 0 Å². The molecule has 0 aliphatic carbocycles. The first-order chi connectivity index (χ1) is 8.34. The van der Waals surface area contributed by atoms with Crippen LogP contribution in [-0.2, 0) is 0 Å². The zero-order chi connectivity index (χ0) is 17.0. The lowest BCUT2D eigenvalue weighted by molar-refractivity contribution is 0.736. The zero-order valence-electron chi connectivity index (χ0n) is 17.0. The molecule has 0 unspecified atom stereocenters. The van der Waals surface area contributed by atoms with Crippen LogP contribution in [0.5, 0.6) is 0 Å². The first-order valence-electron chi connectivity index (χ1n) is 8.34. The van der Waals surface area contributed by atoms with Gasteiger partial charge < -0.3 is 0 Å². The van der Waals surface area contributed by atoms with Gasteiger partial charge in [-0.2, -0.15) is 0 Å². The van der Waals surface area contributed by atoms with Crippen LogP contribution in [0, 0.1) is 23.7 Å². The number of rotatable bonds is 0. The van der Waals surface area contributed by atoms with Gasteiger partial charge in [0, 0.05) is 0 Å². The Kier molecular flexibility index (Phi) is 50.9. The minimum Gasteiger partial charge on any atom is -0.0656 e. The molecular formula is C19H48. The fourth-order valence-corrected chi connectivity index (χ4v) is 0. The van der Waals surface area contributed by atoms with Gasteiger partial charge in [0.2, 0.25) is 0 Å². The molecule has 124 valence electrons. The van der Waals surface area contributed by atoms with E-state index >= 15 is 0 Å². The molecule has 0 aromatic rings. The third-order valence-corrected chi connectivity index (χ3v) is 0. The summed E-state index contributed by atoms with van der Waals surface area (Å²) in [5.74, 6) is 3.33. The van der Waals surface area contributed by atoms with E-state index in [1.54, 1.807) is 0 Å². The Hall–Kier alpha value is 0. The highest BCUT2D eigenvalue weighted by atomic mass is 13.8. The predicted octanol–water partition coefficient (Wildman–Crippen LogP) is 8.07. The molecule has 0 heterocycles. The maximum absolute atomic E-state index is 2.17. The van der Waals surface area contributed by atoms with Gasteiger partial charge in [-0.25, -0.2) is 0 Å². The second kappa shape index (κ2) is 30.8. The summed E-state index contributed by atoms with van der Waals surface area (Å²) in [7, 11) is 0. The van der Waals surface area contributed by atoms with Gasteiger partial charge in [0.15, 0.2) is 0 Å². The van der Waals surface area contributed by atoms with Gasteiger partial charge in [-0.3, -0.25) is 0 Å². The van der Waals surface area contributed by atoms with Crippen molar-refractivity contribution in [2.45, 2.75) is 103 Å². The predicted molar refractivity (Wildman–Crippen MR) is 98.0 cm³/mol. The van der Waals surface area contributed by atoms with Crippen LogP contribution < -0.4 is 0 Å². The topological polar surface area (TPSA) is 0 Å². The summed E-state index contributed by atoms with van der Waals surface area (Å²) in [6.07, 6.45) is 1.25. The van der Waals surface area contributed by atoms with E-state index < -0.39 is 0 Å². The van der Waals surface area contributed by atoms with E-state index in [9.17, 15) is 0 Å². The van der Waals surface area contributed by atoms with E-state index in [2.05, 4.69) is 96.9 Å². The first kappa shape index (κ1) is 31.4. The van der Waals surface area contributed by atoms with Crippen LogP contribution in [0.1, 0.15) is 103 Å². The lowest BCUT2D eigenvalue weighted by Gasteiger charge is -1.79. The Balaban J connectivity index is -0.0000000432. The second-order valence-electron chi connectivity index (χ2n) is 7.64. The fraction of sp³-hybridized carbons (Fsp3) is 1.00. The van der Waals surface area contributed by atoms with Crippen molar-refractivity contribution in [2.24, 2.45) is 23.7 Å². The van der Waals surface area contributed by atoms with Crippen molar-refractivity contribution >= 4 is 0 Å². The van der Waals surface area contributed by atoms with Gasteiger partial charge in [-0.05, 0) is 23.7 Å². The minimum atomic E-state index is 0.833. The van der Waals surface area contributed by atoms with Gasteiger partial charge in [0.1, 0.15) is 0 Å². The van der Waals surface area contributed by atoms with E-state index in [0.29, 0.717) is 0 Å². The van der Waals surface area contributed by atoms with Crippen LogP contribution in [0.4, 0.5) is 0 Å². The maximum atomic E-state index is 2.17. The summed E-state index contributed by atoms with van der Waals surface area (Å²) in [5.41, 5.74) is 0. The van der Waals surface area contributed by atoms with Crippen LogP contribution in [0.3, 0.4) is 0 Å². The largest absolute Gasteiger partial charge is 0.0656 e. The van der Waals surface area contributed by atoms with Crippen molar-refractivity contribution in [3.05, 3.63) is 0 Å². The Bertz CT molecular complexity index is 53.2. The van der Waals surface area contributed by atoms with Gasteiger partial charge in [-0.1, -0.05) is 103 Å². The van der Waals surface area contributed by atoms with E-state index in [1.165, 1.54) is 6.42 Å². The highest BCUT2D eigenvalue weighted by Gasteiger charge is 1.69. The van der Waals surface area contributed by atoms with Crippen LogP contribution in [-0.4, -0.2) is 0 Å². The van der Waals surface area contributed by atoms with Gasteiger partial charge in [0.25, 0.3) is 0 Å². The average Bonchev–Trinajstić information content (AvgIpc) is 1.97. The molecule has 0 fully saturated rings. The minimum absolute atomic E-state index is 0.833. The van der Waals surface area contributed by atoms with Crippen molar-refractivity contribution in [2.75, 3.05) is 0 Å². The standard InChI is InChI=1S/4C4H10.C3H8/c4*1-4(2)3;1-3-2/h4*4H,1-3H3;3H2,1-2H3. The normalized spacial score (nSPS) is 8.53. The third kappa shape index (κ3) is 0. The molecular weight excluding hydrogens is 228 g/mol. The molecule has 0 aliphatic heterocycles. The van der Waals surface area contributed by atoms with Crippen LogP contribution in [0.15, 0.2) is 0 Å². The summed E-state index contributed by atoms with van der Waals surface area (Å²) in [6, 6.07) is 0. The Morgan fingerprint density at radius 3 is 0.368 bits per heavy atom. The number of hydrogen-bond acceptors (Lipinski definition) is 0. The molecule has 0 rings (SSSR count). The van der Waals surface area contributed by atoms with Crippen LogP contribution in [0.25, 0.3) is 0 Å². The molecule has 0 amide bonds. The molecule has 0 atom stereocenters. The molecule has 0 radical (unpaired) electrons. The Morgan fingerprint density at radius 1 is 0.368 bits per heavy atom. The highest BCUT2D eigenvalue weighted by Crippen LogP contribution is 1.82. The van der Waals surface area contributed by atoms with Crippen LogP contribution >= 0.6 is 0 Å². The molecule has 0 nitrogen and oxygen atoms in total. The number of hydrogen-bond donors (Lipinski definition) is 0. The summed E-state index contributed by atoms with van der Waals surface area (Å²) >= 11 is 0. The quantitative estimate of drug-likeness (QED) is 0.419. The average molecular weight is 277 g/mol. The van der Waals surface area contributed by atoms with Crippen molar-refractivity contribution in [3.8, 4) is 0 Å². The van der Waals surface area contributed by atoms with E-state index in [4.69, 9.17) is 0 Å². The third-order valence-electron chi connectivity index (χ3n) is 0. The summed E-state index contributed by atoms with van der Waals surface area (Å²) < 4.78 is 0. The SMILES string of the molecule is CC(C)C.CC(C)C.CC(C)C.CC(C)C.CCC. The van der Waals surface area contributed by atoms with E-state index in [-0.39, 0.29) is 0 Å². The zero-order valence-corrected chi connectivity index (χ0v) is 17.0. The summed E-state index contributed by atoms with van der Waals surface area (Å²) in [6.45, 7) is 30.3. The second-order valence-corrected chi connectivity index (χ2v) is 7.64. The van der Waals surface area contributed by atoms with Crippen molar-refractivity contribution in [1.29, 1.82) is 0 Å². The van der Waals surface area contributed by atoms with Crippen LogP contribution in [0.2, 0.25) is 0 Å². The summed E-state index contributed by atoms with van der Waals surface area (Å²) in [4.78, 5) is 0. The maximum Gasteiger partial charge on any atom is -0.0500 e. The Labute approximate surface area is 127 Å². The smallest absolute Gasteiger partial charge is 0.0500 e. The lowest BCUT2D eigenvalue weighted by atomic mass is 10.3. The molecule has 0 bridgehead atoms. The molecule has 0 spiro atoms. The van der Waals surface area contributed by atoms with Gasteiger partial charge in [0.05, 0.1) is 0 Å². The van der Waals surface area contributed by atoms with E-state index in [1.807, 2.05) is 0 Å². The Morgan fingerprint density at radius 2 is 0.368 bits per heavy atom. The molecule has 19 heavy (non-hydrogen) atoms. The lowest BCUT2D eigenvalue weighted by Crippen LogP contribution is -1.66. The highest BCUT2D eigenvalue weighted by molar-refractivity contribution is 4.21. The molecule has 0 saturated carbocycles. The fourth-order valence-electron chi connectivity index (χ4n) is 0. The molecule has 0 saturated heterocycles. The summed E-state index contributed by atoms with van der Waals surface area (Å²) in [5, 5.41) is 0. The molecule has 0 aromatic heterocycles. The molecule has 0 heteroatoms. The molecule has 0 aromatic carbocycles. The monoisotopic (exact) mass is 276 g/mol.